The Morgan fingerprint density at radius 2 is 1.71 bits per heavy atom. The number of nitrogens with one attached hydrogen (secondary N) is 1. The van der Waals surface area contributed by atoms with Gasteiger partial charge >= 0.3 is 11.9 Å². The number of carbonyl (C=O) groups excluding carboxylic acids is 2. The molecule has 9 nitrogen and oxygen atoms in total. The number of nitrogens with zero attached hydrogens (tertiary/aromatic N) is 1. The molecule has 0 saturated carbocycles. The summed E-state index contributed by atoms with van der Waals surface area (Å²) in [6.07, 6.45) is 1.24. The second-order valence-corrected chi connectivity index (χ2v) is 7.74. The Hall–Kier alpha value is -4.57. The number of carbonyl (C=O) groups is 4. The van der Waals surface area contributed by atoms with Crippen LogP contribution in [0.2, 0.25) is 0 Å². The molecular weight excluding hydrogens is 460 g/mol. The lowest BCUT2D eigenvalue weighted by Crippen LogP contribution is -2.54. The van der Waals surface area contributed by atoms with Crippen LogP contribution in [0.1, 0.15) is 32.0 Å². The molecule has 2 heterocycles. The third kappa shape index (κ3) is 4.21. The van der Waals surface area contributed by atoms with Crippen molar-refractivity contribution in [2.24, 2.45) is 0 Å². The first-order valence-electron chi connectivity index (χ1n) is 9.84. The lowest BCUT2D eigenvalue weighted by molar-refractivity contribution is -0.122. The summed E-state index contributed by atoms with van der Waals surface area (Å²) in [5.41, 5.74) is 1.28. The Labute approximate surface area is 197 Å². The van der Waals surface area contributed by atoms with E-state index in [2.05, 4.69) is 5.32 Å². The summed E-state index contributed by atoms with van der Waals surface area (Å²) >= 11 is 5.13. The van der Waals surface area contributed by atoms with Gasteiger partial charge in [0, 0.05) is 5.56 Å². The third-order valence-corrected chi connectivity index (χ3v) is 5.40. The molecule has 170 valence electrons. The predicted octanol–water partition coefficient (Wildman–Crippen LogP) is 3.48. The van der Waals surface area contributed by atoms with Gasteiger partial charge in [-0.05, 0) is 73.2 Å². The molecule has 2 amide bonds. The fourth-order valence-corrected chi connectivity index (χ4v) is 3.69. The van der Waals surface area contributed by atoms with Gasteiger partial charge in [0.25, 0.3) is 11.8 Å². The number of hydrogen-bond donors (Lipinski definition) is 3. The molecule has 1 fully saturated rings. The van der Waals surface area contributed by atoms with Gasteiger partial charge in [0.2, 0.25) is 0 Å². The number of aromatic carboxylic acids is 2. The highest BCUT2D eigenvalue weighted by molar-refractivity contribution is 7.80. The highest BCUT2D eigenvalue weighted by atomic mass is 32.1. The molecule has 1 aliphatic rings. The molecule has 34 heavy (non-hydrogen) atoms. The van der Waals surface area contributed by atoms with Crippen molar-refractivity contribution in [1.82, 2.24) is 5.32 Å². The van der Waals surface area contributed by atoms with Crippen molar-refractivity contribution < 1.29 is 33.8 Å². The molecule has 3 N–H and O–H groups in total. The van der Waals surface area contributed by atoms with Gasteiger partial charge in [0.15, 0.2) is 5.11 Å². The number of amides is 2. The van der Waals surface area contributed by atoms with E-state index in [-0.39, 0.29) is 33.3 Å². The van der Waals surface area contributed by atoms with Crippen LogP contribution >= 0.6 is 12.2 Å². The van der Waals surface area contributed by atoms with E-state index < -0.39 is 23.8 Å². The second-order valence-electron chi connectivity index (χ2n) is 7.35. The Bertz CT molecular complexity index is 1420. The van der Waals surface area contributed by atoms with Gasteiger partial charge in [-0.2, -0.15) is 0 Å². The largest absolute Gasteiger partial charge is 0.478 e. The number of rotatable bonds is 5. The highest BCUT2D eigenvalue weighted by Gasteiger charge is 2.35. The Balaban J connectivity index is 1.70. The summed E-state index contributed by atoms with van der Waals surface area (Å²) in [5.74, 6) is -3.20. The first-order chi connectivity index (χ1) is 16.2. The smallest absolute Gasteiger partial charge is 0.335 e. The lowest BCUT2D eigenvalue weighted by Gasteiger charge is -2.28. The second kappa shape index (κ2) is 8.75. The van der Waals surface area contributed by atoms with E-state index in [1.165, 1.54) is 48.5 Å². The number of benzene rings is 2. The molecule has 2 aromatic carbocycles. The van der Waals surface area contributed by atoms with E-state index in [1.807, 2.05) is 0 Å². The van der Waals surface area contributed by atoms with Crippen LogP contribution in [0.3, 0.4) is 0 Å². The zero-order valence-corrected chi connectivity index (χ0v) is 18.4. The SMILES string of the molecule is Cc1ccc(C(=O)O)cc1-c1ccc(C=C2C(=O)NC(=S)N(c3cccc(C(=O)O)c3)C2=O)o1. The van der Waals surface area contributed by atoms with Crippen molar-refractivity contribution in [2.75, 3.05) is 4.90 Å². The van der Waals surface area contributed by atoms with Crippen molar-refractivity contribution in [3.8, 4) is 11.3 Å². The van der Waals surface area contributed by atoms with Gasteiger partial charge in [0.05, 0.1) is 16.8 Å². The number of hydrogen-bond acceptors (Lipinski definition) is 6. The van der Waals surface area contributed by atoms with Crippen molar-refractivity contribution in [2.45, 2.75) is 6.92 Å². The summed E-state index contributed by atoms with van der Waals surface area (Å²) in [4.78, 5) is 49.3. The molecule has 1 saturated heterocycles. The van der Waals surface area contributed by atoms with E-state index >= 15 is 0 Å². The van der Waals surface area contributed by atoms with Gasteiger partial charge in [-0.25, -0.2) is 9.59 Å². The summed E-state index contributed by atoms with van der Waals surface area (Å²) in [6, 6.07) is 13.3. The van der Waals surface area contributed by atoms with Crippen molar-refractivity contribution in [3.63, 3.8) is 0 Å². The lowest BCUT2D eigenvalue weighted by atomic mass is 10.0. The maximum absolute atomic E-state index is 13.1. The van der Waals surface area contributed by atoms with Crippen LogP contribution in [0, 0.1) is 6.92 Å². The van der Waals surface area contributed by atoms with E-state index in [4.69, 9.17) is 16.6 Å². The van der Waals surface area contributed by atoms with E-state index in [1.54, 1.807) is 19.1 Å². The van der Waals surface area contributed by atoms with Gasteiger partial charge in [-0.15, -0.1) is 0 Å². The van der Waals surface area contributed by atoms with Crippen LogP contribution < -0.4 is 10.2 Å². The van der Waals surface area contributed by atoms with E-state index in [9.17, 15) is 29.4 Å². The molecular formula is C24H16N2O7S. The van der Waals surface area contributed by atoms with Gasteiger partial charge in [0.1, 0.15) is 17.1 Å². The first-order valence-corrected chi connectivity index (χ1v) is 10.3. The third-order valence-electron chi connectivity index (χ3n) is 5.12. The van der Waals surface area contributed by atoms with E-state index in [0.717, 1.165) is 10.5 Å². The molecule has 3 aromatic rings. The molecule has 4 rings (SSSR count). The zero-order chi connectivity index (χ0) is 24.6. The molecule has 0 atom stereocenters. The highest BCUT2D eigenvalue weighted by Crippen LogP contribution is 2.29. The number of carboxylic acids is 2. The van der Waals surface area contributed by atoms with Crippen LogP contribution in [0.4, 0.5) is 5.69 Å². The minimum absolute atomic E-state index is 0.0508. The maximum atomic E-state index is 13.1. The molecule has 1 aromatic heterocycles. The fraction of sp³-hybridized carbons (Fsp3) is 0.0417. The van der Waals surface area contributed by atoms with Gasteiger partial charge in [-0.3, -0.25) is 19.8 Å². The average Bonchev–Trinajstić information content (AvgIpc) is 3.25. The van der Waals surface area contributed by atoms with Crippen LogP contribution in [-0.4, -0.2) is 39.1 Å². The first kappa shape index (κ1) is 22.6. The normalized spacial score (nSPS) is 14.9. The summed E-state index contributed by atoms with van der Waals surface area (Å²) in [6.45, 7) is 1.80. The van der Waals surface area contributed by atoms with Crippen LogP contribution in [-0.2, 0) is 9.59 Å². The van der Waals surface area contributed by atoms with Crippen molar-refractivity contribution >= 4 is 52.8 Å². The molecule has 0 aliphatic carbocycles. The number of carboxylic acid groups (broad SMARTS) is 2. The average molecular weight is 476 g/mol. The van der Waals surface area contributed by atoms with Crippen LogP contribution in [0.25, 0.3) is 17.4 Å². The van der Waals surface area contributed by atoms with Crippen LogP contribution in [0.5, 0.6) is 0 Å². The summed E-state index contributed by atoms with van der Waals surface area (Å²) < 4.78 is 5.77. The van der Waals surface area contributed by atoms with E-state index in [0.29, 0.717) is 11.3 Å². The fourth-order valence-electron chi connectivity index (χ4n) is 3.41. The van der Waals surface area contributed by atoms with Gasteiger partial charge < -0.3 is 14.6 Å². The van der Waals surface area contributed by atoms with Crippen molar-refractivity contribution in [1.29, 1.82) is 0 Å². The molecule has 10 heteroatoms. The number of aryl methyl sites for hydroxylation is 1. The number of furan rings is 1. The minimum Gasteiger partial charge on any atom is -0.478 e. The summed E-state index contributed by atoms with van der Waals surface area (Å²) in [5, 5.41) is 20.7. The molecule has 0 bridgehead atoms. The quantitative estimate of drug-likeness (QED) is 0.289. The molecule has 0 radical (unpaired) electrons. The Morgan fingerprint density at radius 3 is 2.41 bits per heavy atom. The summed E-state index contributed by atoms with van der Waals surface area (Å²) in [7, 11) is 0. The predicted molar refractivity (Wildman–Crippen MR) is 125 cm³/mol. The molecule has 0 unspecified atom stereocenters. The molecule has 1 aliphatic heterocycles. The Kier molecular flexibility index (Phi) is 5.82. The van der Waals surface area contributed by atoms with Crippen molar-refractivity contribution in [3.05, 3.63) is 82.6 Å². The minimum atomic E-state index is -1.18. The number of thiocarbonyl (C=S) groups is 1. The Morgan fingerprint density at radius 1 is 1.00 bits per heavy atom. The van der Waals surface area contributed by atoms with Gasteiger partial charge in [-0.1, -0.05) is 12.1 Å². The van der Waals surface area contributed by atoms with Crippen LogP contribution in [0.15, 0.2) is 64.6 Å². The molecule has 0 spiro atoms. The maximum Gasteiger partial charge on any atom is 0.335 e. The monoisotopic (exact) mass is 476 g/mol. The zero-order valence-electron chi connectivity index (χ0n) is 17.6. The standard InChI is InChI=1S/C24H16N2O7S/c1-12-5-6-14(23(31)32)10-17(12)19-8-7-16(33-19)11-18-20(27)25-24(34)26(21(18)28)15-4-2-3-13(9-15)22(29)30/h2-11H,1H3,(H,29,30)(H,31,32)(H,25,27,34). The topological polar surface area (TPSA) is 137 Å². The number of anilines is 1.